The molecule has 2 N–H and O–H groups in total. The summed E-state index contributed by atoms with van der Waals surface area (Å²) in [7, 11) is -2.63. The van der Waals surface area contributed by atoms with Crippen molar-refractivity contribution in [2.45, 2.75) is 11.8 Å². The van der Waals surface area contributed by atoms with E-state index in [1.54, 1.807) is 12.1 Å². The molecule has 2 aromatic carbocycles. The molecule has 6 nitrogen and oxygen atoms in total. The summed E-state index contributed by atoms with van der Waals surface area (Å²) < 4.78 is 28.2. The predicted molar refractivity (Wildman–Crippen MR) is 95.6 cm³/mol. The molecule has 0 spiro atoms. The van der Waals surface area contributed by atoms with Crippen LogP contribution in [0.15, 0.2) is 45.8 Å². The van der Waals surface area contributed by atoms with E-state index in [0.717, 1.165) is 5.56 Å². The molecule has 24 heavy (non-hydrogen) atoms. The van der Waals surface area contributed by atoms with Crippen molar-refractivity contribution < 1.29 is 18.0 Å². The fourth-order valence-corrected chi connectivity index (χ4v) is 3.69. The number of sulfonamides is 1. The summed E-state index contributed by atoms with van der Waals surface area (Å²) in [4.78, 5) is 16.3. The average molecular weight is 434 g/mol. The number of aryl methyl sites for hydroxylation is 1. The number of carbonyl (C=O) groups excluding carboxylic acids is 1. The number of hydroxylamine groups is 1. The first-order chi connectivity index (χ1) is 11.2. The largest absolute Gasteiger partial charge is 0.278 e. The van der Waals surface area contributed by atoms with E-state index in [0.29, 0.717) is 10.2 Å². The first-order valence-electron chi connectivity index (χ1n) is 6.66. The summed E-state index contributed by atoms with van der Waals surface area (Å²) in [5, 5.41) is 0.111. The molecule has 0 atom stereocenters. The fourth-order valence-electron chi connectivity index (χ4n) is 1.91. The minimum Gasteiger partial charge on any atom is -0.278 e. The number of rotatable bonds is 5. The maximum Gasteiger partial charge on any atom is 0.276 e. The van der Waals surface area contributed by atoms with E-state index in [1.807, 2.05) is 13.0 Å². The standard InChI is InChI=1S/C15H14BrClN2O4S/c1-9-3-5-12(16)14(7-9)19-24(21,22)10-4-6-13(17)11(8-10)15(20)18-23-2/h3-8,19H,1-2H3,(H,18,20). The zero-order valence-electron chi connectivity index (χ0n) is 12.8. The van der Waals surface area contributed by atoms with Crippen molar-refractivity contribution in [2.24, 2.45) is 0 Å². The highest BCUT2D eigenvalue weighted by Crippen LogP contribution is 2.27. The summed E-state index contributed by atoms with van der Waals surface area (Å²) in [5.41, 5.74) is 3.38. The Labute approximate surface area is 153 Å². The minimum absolute atomic E-state index is 0.00954. The molecule has 128 valence electrons. The molecule has 2 aromatic rings. The number of benzene rings is 2. The summed E-state index contributed by atoms with van der Waals surface area (Å²) >= 11 is 9.24. The van der Waals surface area contributed by atoms with Crippen LogP contribution in [-0.2, 0) is 14.9 Å². The highest BCUT2D eigenvalue weighted by atomic mass is 79.9. The Bertz CT molecular complexity index is 887. The summed E-state index contributed by atoms with van der Waals surface area (Å²) in [6.07, 6.45) is 0. The van der Waals surface area contributed by atoms with E-state index in [2.05, 4.69) is 31.0 Å². The Hall–Kier alpha value is -1.61. The van der Waals surface area contributed by atoms with Gasteiger partial charge in [-0.15, -0.1) is 0 Å². The maximum atomic E-state index is 12.6. The van der Waals surface area contributed by atoms with Crippen molar-refractivity contribution in [2.75, 3.05) is 11.8 Å². The SMILES string of the molecule is CONC(=O)c1cc(S(=O)(=O)Nc2cc(C)ccc2Br)ccc1Cl. The van der Waals surface area contributed by atoms with Crippen molar-refractivity contribution in [1.82, 2.24) is 5.48 Å². The number of carbonyl (C=O) groups is 1. The highest BCUT2D eigenvalue weighted by molar-refractivity contribution is 9.10. The quantitative estimate of drug-likeness (QED) is 0.707. The van der Waals surface area contributed by atoms with Crippen LogP contribution in [0.5, 0.6) is 0 Å². The second-order valence-corrected chi connectivity index (χ2v) is 7.81. The number of halogens is 2. The molecule has 0 aromatic heterocycles. The van der Waals surface area contributed by atoms with Gasteiger partial charge in [0.25, 0.3) is 15.9 Å². The first kappa shape index (κ1) is 18.7. The average Bonchev–Trinajstić information content (AvgIpc) is 2.51. The normalized spacial score (nSPS) is 11.2. The lowest BCUT2D eigenvalue weighted by atomic mass is 10.2. The fraction of sp³-hybridized carbons (Fsp3) is 0.133. The van der Waals surface area contributed by atoms with Crippen LogP contribution in [-0.4, -0.2) is 21.4 Å². The summed E-state index contributed by atoms with van der Waals surface area (Å²) in [5.74, 6) is -0.642. The summed E-state index contributed by atoms with van der Waals surface area (Å²) in [6, 6.07) is 9.12. The van der Waals surface area contributed by atoms with Gasteiger partial charge in [0.1, 0.15) is 0 Å². The third-order valence-corrected chi connectivity index (χ3v) is 5.44. The molecule has 0 saturated heterocycles. The van der Waals surface area contributed by atoms with Gasteiger partial charge in [-0.05, 0) is 58.7 Å². The van der Waals surface area contributed by atoms with Gasteiger partial charge < -0.3 is 0 Å². The Morgan fingerprint density at radius 1 is 1.21 bits per heavy atom. The van der Waals surface area contributed by atoms with Gasteiger partial charge in [0.05, 0.1) is 28.3 Å². The summed E-state index contributed by atoms with van der Waals surface area (Å²) in [6.45, 7) is 1.85. The van der Waals surface area contributed by atoms with E-state index in [4.69, 9.17) is 11.6 Å². The second-order valence-electron chi connectivity index (χ2n) is 4.87. The topological polar surface area (TPSA) is 84.5 Å². The van der Waals surface area contributed by atoms with Crippen molar-refractivity contribution >= 4 is 49.1 Å². The molecule has 0 bridgehead atoms. The number of amides is 1. The van der Waals surface area contributed by atoms with Crippen molar-refractivity contribution in [3.05, 3.63) is 57.0 Å². The molecule has 0 unspecified atom stereocenters. The number of anilines is 1. The van der Waals surface area contributed by atoms with E-state index in [-0.39, 0.29) is 15.5 Å². The molecule has 0 saturated carbocycles. The van der Waals surface area contributed by atoms with Crippen molar-refractivity contribution in [3.8, 4) is 0 Å². The van der Waals surface area contributed by atoms with Crippen LogP contribution in [0, 0.1) is 6.92 Å². The molecule has 0 aliphatic rings. The van der Waals surface area contributed by atoms with Crippen LogP contribution in [0.2, 0.25) is 5.02 Å². The van der Waals surface area contributed by atoms with Gasteiger partial charge >= 0.3 is 0 Å². The minimum atomic E-state index is -3.90. The maximum absolute atomic E-state index is 12.6. The smallest absolute Gasteiger partial charge is 0.276 e. The molecule has 0 radical (unpaired) electrons. The lowest BCUT2D eigenvalue weighted by Crippen LogP contribution is -2.23. The lowest BCUT2D eigenvalue weighted by Gasteiger charge is -2.12. The second kappa shape index (κ2) is 7.52. The van der Waals surface area contributed by atoms with Crippen LogP contribution >= 0.6 is 27.5 Å². The van der Waals surface area contributed by atoms with Gasteiger partial charge in [0.15, 0.2) is 0 Å². The van der Waals surface area contributed by atoms with Gasteiger partial charge in [-0.2, -0.15) is 0 Å². The third kappa shape index (κ3) is 4.27. The molecule has 9 heteroatoms. The number of hydrogen-bond acceptors (Lipinski definition) is 4. The van der Waals surface area contributed by atoms with E-state index >= 15 is 0 Å². The van der Waals surface area contributed by atoms with E-state index < -0.39 is 15.9 Å². The lowest BCUT2D eigenvalue weighted by molar-refractivity contribution is 0.0537. The molecular formula is C15H14BrClN2O4S. The molecular weight excluding hydrogens is 420 g/mol. The van der Waals surface area contributed by atoms with Gasteiger partial charge in [-0.1, -0.05) is 17.7 Å². The molecule has 0 fully saturated rings. The van der Waals surface area contributed by atoms with Crippen LogP contribution in [0.3, 0.4) is 0 Å². The zero-order valence-corrected chi connectivity index (χ0v) is 15.9. The Morgan fingerprint density at radius 2 is 1.92 bits per heavy atom. The van der Waals surface area contributed by atoms with Crippen LogP contribution < -0.4 is 10.2 Å². The monoisotopic (exact) mass is 432 g/mol. The molecule has 1 amide bonds. The van der Waals surface area contributed by atoms with Crippen LogP contribution in [0.1, 0.15) is 15.9 Å². The van der Waals surface area contributed by atoms with Crippen molar-refractivity contribution in [3.63, 3.8) is 0 Å². The van der Waals surface area contributed by atoms with Gasteiger partial charge in [-0.25, -0.2) is 13.9 Å². The third-order valence-electron chi connectivity index (χ3n) is 3.05. The Kier molecular flexibility index (Phi) is 5.87. The van der Waals surface area contributed by atoms with Gasteiger partial charge in [-0.3, -0.25) is 14.4 Å². The number of hydrogen-bond donors (Lipinski definition) is 2. The molecule has 0 aliphatic carbocycles. The zero-order chi connectivity index (χ0) is 17.9. The predicted octanol–water partition coefficient (Wildman–Crippen LogP) is 3.50. The Balaban J connectivity index is 2.41. The first-order valence-corrected chi connectivity index (χ1v) is 9.32. The molecule has 0 aliphatic heterocycles. The molecule has 2 rings (SSSR count). The van der Waals surface area contributed by atoms with E-state index in [1.165, 1.54) is 25.3 Å². The van der Waals surface area contributed by atoms with E-state index in [9.17, 15) is 13.2 Å². The van der Waals surface area contributed by atoms with Crippen molar-refractivity contribution in [1.29, 1.82) is 0 Å². The van der Waals surface area contributed by atoms with Gasteiger partial charge in [0.2, 0.25) is 0 Å². The highest BCUT2D eigenvalue weighted by Gasteiger charge is 2.20. The van der Waals surface area contributed by atoms with Gasteiger partial charge in [0, 0.05) is 4.47 Å². The molecule has 0 heterocycles. The van der Waals surface area contributed by atoms with Crippen LogP contribution in [0.25, 0.3) is 0 Å². The van der Waals surface area contributed by atoms with Crippen LogP contribution in [0.4, 0.5) is 5.69 Å². The Morgan fingerprint density at radius 3 is 2.58 bits per heavy atom. The number of nitrogens with one attached hydrogen (secondary N) is 2.